The zero-order valence-electron chi connectivity index (χ0n) is 11.5. The van der Waals surface area contributed by atoms with Crippen LogP contribution in [0.2, 0.25) is 5.02 Å². The third-order valence-electron chi connectivity index (χ3n) is 3.09. The largest absolute Gasteiger partial charge is 0.304 e. The molecule has 0 bridgehead atoms. The van der Waals surface area contributed by atoms with Crippen molar-refractivity contribution in [3.8, 4) is 0 Å². The number of nitrogens with zero attached hydrogens (tertiary/aromatic N) is 1. The number of benzene rings is 1. The molecule has 2 aromatic rings. The standard InChI is InChI=1S/C15H19ClN2S/c1-4-9-17-14(12-5-7-13(16)8-6-12)15-18-10(2)11(3)19-15/h5-8,14,17H,4,9H2,1-3H3. The number of thiazole rings is 1. The van der Waals surface area contributed by atoms with Crippen molar-refractivity contribution in [2.24, 2.45) is 0 Å². The molecule has 1 unspecified atom stereocenters. The van der Waals surface area contributed by atoms with Crippen LogP contribution in [0.4, 0.5) is 0 Å². The topological polar surface area (TPSA) is 24.9 Å². The van der Waals surface area contributed by atoms with Crippen molar-refractivity contribution in [1.82, 2.24) is 10.3 Å². The summed E-state index contributed by atoms with van der Waals surface area (Å²) in [4.78, 5) is 5.97. The third-order valence-corrected chi connectivity index (χ3v) is 4.48. The first-order valence-electron chi connectivity index (χ1n) is 6.54. The number of aryl methyl sites for hydroxylation is 2. The maximum absolute atomic E-state index is 5.96. The fourth-order valence-corrected chi connectivity index (χ4v) is 3.07. The summed E-state index contributed by atoms with van der Waals surface area (Å²) in [5.41, 5.74) is 2.34. The summed E-state index contributed by atoms with van der Waals surface area (Å²) in [5.74, 6) is 0. The molecule has 0 aliphatic rings. The predicted molar refractivity (Wildman–Crippen MR) is 83.2 cm³/mol. The Morgan fingerprint density at radius 2 is 1.95 bits per heavy atom. The van der Waals surface area contributed by atoms with Gasteiger partial charge in [-0.3, -0.25) is 0 Å². The number of aromatic nitrogens is 1. The second-order valence-corrected chi connectivity index (χ2v) is 6.30. The van der Waals surface area contributed by atoms with E-state index in [0.29, 0.717) is 0 Å². The number of hydrogen-bond acceptors (Lipinski definition) is 3. The van der Waals surface area contributed by atoms with Gasteiger partial charge in [-0.2, -0.15) is 0 Å². The Labute approximate surface area is 123 Å². The molecule has 0 aliphatic carbocycles. The molecule has 2 nitrogen and oxygen atoms in total. The Bertz CT molecular complexity index is 514. The minimum Gasteiger partial charge on any atom is -0.304 e. The van der Waals surface area contributed by atoms with Crippen molar-refractivity contribution in [3.63, 3.8) is 0 Å². The van der Waals surface area contributed by atoms with E-state index in [1.165, 1.54) is 10.4 Å². The van der Waals surface area contributed by atoms with Crippen LogP contribution in [0, 0.1) is 13.8 Å². The SMILES string of the molecule is CCCNC(c1ccc(Cl)cc1)c1nc(C)c(C)s1. The van der Waals surface area contributed by atoms with E-state index in [-0.39, 0.29) is 6.04 Å². The van der Waals surface area contributed by atoms with Crippen molar-refractivity contribution in [3.05, 3.63) is 50.4 Å². The van der Waals surface area contributed by atoms with Crippen molar-refractivity contribution in [2.45, 2.75) is 33.2 Å². The molecule has 19 heavy (non-hydrogen) atoms. The number of hydrogen-bond donors (Lipinski definition) is 1. The van der Waals surface area contributed by atoms with E-state index in [9.17, 15) is 0 Å². The number of halogens is 1. The molecule has 102 valence electrons. The normalized spacial score (nSPS) is 12.6. The van der Waals surface area contributed by atoms with E-state index >= 15 is 0 Å². The van der Waals surface area contributed by atoms with Gasteiger partial charge < -0.3 is 5.32 Å². The minimum atomic E-state index is 0.162. The van der Waals surface area contributed by atoms with Crippen molar-refractivity contribution in [2.75, 3.05) is 6.54 Å². The Hall–Kier alpha value is -0.900. The van der Waals surface area contributed by atoms with Gasteiger partial charge in [0.15, 0.2) is 0 Å². The van der Waals surface area contributed by atoms with Gasteiger partial charge in [-0.25, -0.2) is 4.98 Å². The van der Waals surface area contributed by atoms with Gasteiger partial charge in [0, 0.05) is 9.90 Å². The summed E-state index contributed by atoms with van der Waals surface area (Å²) in [6.07, 6.45) is 1.10. The lowest BCUT2D eigenvalue weighted by Crippen LogP contribution is -2.23. The van der Waals surface area contributed by atoms with Crippen LogP contribution in [-0.2, 0) is 0 Å². The smallest absolute Gasteiger partial charge is 0.115 e. The lowest BCUT2D eigenvalue weighted by atomic mass is 10.1. The summed E-state index contributed by atoms with van der Waals surface area (Å²) in [7, 11) is 0. The summed E-state index contributed by atoms with van der Waals surface area (Å²) in [5, 5.41) is 5.47. The highest BCUT2D eigenvalue weighted by Gasteiger charge is 2.17. The van der Waals surface area contributed by atoms with Crippen LogP contribution in [0.25, 0.3) is 0 Å². The molecule has 1 atom stereocenters. The van der Waals surface area contributed by atoms with E-state index in [1.54, 1.807) is 11.3 Å². The lowest BCUT2D eigenvalue weighted by Gasteiger charge is -2.16. The Kier molecular flexibility index (Phi) is 4.97. The van der Waals surface area contributed by atoms with E-state index < -0.39 is 0 Å². The highest BCUT2D eigenvalue weighted by atomic mass is 35.5. The van der Waals surface area contributed by atoms with Crippen molar-refractivity contribution < 1.29 is 0 Å². The molecule has 0 saturated heterocycles. The minimum absolute atomic E-state index is 0.162. The Balaban J connectivity index is 2.32. The first kappa shape index (κ1) is 14.5. The summed E-state index contributed by atoms with van der Waals surface area (Å²) >= 11 is 7.73. The summed E-state index contributed by atoms with van der Waals surface area (Å²) in [6.45, 7) is 7.33. The predicted octanol–water partition coefficient (Wildman–Crippen LogP) is 4.50. The molecule has 1 aromatic heterocycles. The van der Waals surface area contributed by atoms with Gasteiger partial charge in [0.1, 0.15) is 5.01 Å². The van der Waals surface area contributed by atoms with Crippen LogP contribution in [0.3, 0.4) is 0 Å². The summed E-state index contributed by atoms with van der Waals surface area (Å²) in [6, 6.07) is 8.17. The Morgan fingerprint density at radius 3 is 2.47 bits per heavy atom. The maximum Gasteiger partial charge on any atom is 0.115 e. The van der Waals surface area contributed by atoms with Gasteiger partial charge in [-0.1, -0.05) is 30.7 Å². The third kappa shape index (κ3) is 3.56. The molecular weight excluding hydrogens is 276 g/mol. The first-order valence-corrected chi connectivity index (χ1v) is 7.74. The average Bonchev–Trinajstić information content (AvgIpc) is 2.72. The van der Waals surface area contributed by atoms with E-state index in [0.717, 1.165) is 28.7 Å². The quantitative estimate of drug-likeness (QED) is 0.878. The zero-order chi connectivity index (χ0) is 13.8. The van der Waals surface area contributed by atoms with Gasteiger partial charge in [0.2, 0.25) is 0 Å². The van der Waals surface area contributed by atoms with Crippen LogP contribution in [0.1, 0.15) is 40.5 Å². The molecule has 0 aliphatic heterocycles. The van der Waals surface area contributed by atoms with Gasteiger partial charge in [-0.15, -0.1) is 11.3 Å². The molecule has 0 saturated carbocycles. The fourth-order valence-electron chi connectivity index (χ4n) is 1.91. The molecule has 1 N–H and O–H groups in total. The molecule has 1 heterocycles. The molecule has 0 radical (unpaired) electrons. The van der Waals surface area contributed by atoms with Crippen LogP contribution in [0.15, 0.2) is 24.3 Å². The van der Waals surface area contributed by atoms with Gasteiger partial charge in [-0.05, 0) is 44.5 Å². The first-order chi connectivity index (χ1) is 9.11. The number of nitrogens with one attached hydrogen (secondary N) is 1. The van der Waals surface area contributed by atoms with Gasteiger partial charge in [0.25, 0.3) is 0 Å². The van der Waals surface area contributed by atoms with Gasteiger partial charge in [0.05, 0.1) is 11.7 Å². The average molecular weight is 295 g/mol. The second-order valence-electron chi connectivity index (χ2n) is 4.63. The van der Waals surface area contributed by atoms with Gasteiger partial charge >= 0.3 is 0 Å². The number of rotatable bonds is 5. The molecule has 2 rings (SSSR count). The molecule has 1 aromatic carbocycles. The summed E-state index contributed by atoms with van der Waals surface area (Å²) < 4.78 is 0. The fraction of sp³-hybridized carbons (Fsp3) is 0.400. The van der Waals surface area contributed by atoms with Crippen molar-refractivity contribution in [1.29, 1.82) is 0 Å². The van der Waals surface area contributed by atoms with E-state index in [1.807, 2.05) is 12.1 Å². The van der Waals surface area contributed by atoms with Crippen LogP contribution in [-0.4, -0.2) is 11.5 Å². The highest BCUT2D eigenvalue weighted by molar-refractivity contribution is 7.11. The maximum atomic E-state index is 5.96. The highest BCUT2D eigenvalue weighted by Crippen LogP contribution is 2.28. The van der Waals surface area contributed by atoms with E-state index in [4.69, 9.17) is 11.6 Å². The van der Waals surface area contributed by atoms with Crippen LogP contribution < -0.4 is 5.32 Å². The molecular formula is C15H19ClN2S. The van der Waals surface area contributed by atoms with Crippen LogP contribution in [0.5, 0.6) is 0 Å². The molecule has 4 heteroatoms. The molecule has 0 amide bonds. The van der Waals surface area contributed by atoms with Crippen molar-refractivity contribution >= 4 is 22.9 Å². The van der Waals surface area contributed by atoms with Crippen LogP contribution >= 0.6 is 22.9 Å². The lowest BCUT2D eigenvalue weighted by molar-refractivity contribution is 0.595. The molecule has 0 fully saturated rings. The molecule has 0 spiro atoms. The second kappa shape index (κ2) is 6.51. The monoisotopic (exact) mass is 294 g/mol. The zero-order valence-corrected chi connectivity index (χ0v) is 13.1. The van der Waals surface area contributed by atoms with E-state index in [2.05, 4.69) is 43.2 Å². The Morgan fingerprint density at radius 1 is 1.26 bits per heavy atom.